The zero-order valence-electron chi connectivity index (χ0n) is 21.1. The Labute approximate surface area is 210 Å². The van der Waals surface area contributed by atoms with Crippen LogP contribution in [0.2, 0.25) is 0 Å². The fourth-order valence-electron chi connectivity index (χ4n) is 4.42. The molecule has 0 amide bonds. The van der Waals surface area contributed by atoms with E-state index in [1.54, 1.807) is 0 Å². The number of nitrogens with one attached hydrogen (secondary N) is 4. The van der Waals surface area contributed by atoms with E-state index in [0.717, 1.165) is 75.9 Å². The highest BCUT2D eigenvalue weighted by atomic mass is 16.5. The molecule has 184 valence electrons. The molecule has 0 aliphatic carbocycles. The van der Waals surface area contributed by atoms with Gasteiger partial charge in [-0.05, 0) is 57.6 Å². The van der Waals surface area contributed by atoms with Crippen LogP contribution in [-0.4, -0.2) is 40.2 Å². The summed E-state index contributed by atoms with van der Waals surface area (Å²) in [5.74, 6) is 2.14. The summed E-state index contributed by atoms with van der Waals surface area (Å²) in [5.41, 5.74) is 7.65. The van der Waals surface area contributed by atoms with Crippen molar-refractivity contribution in [3.8, 4) is 22.6 Å². The van der Waals surface area contributed by atoms with Gasteiger partial charge in [-0.1, -0.05) is 29.4 Å². The second-order valence-electron chi connectivity index (χ2n) is 8.92. The van der Waals surface area contributed by atoms with Crippen LogP contribution < -0.4 is 16.0 Å². The molecular weight excluding hydrogens is 450 g/mol. The molecule has 0 fully saturated rings. The van der Waals surface area contributed by atoms with Gasteiger partial charge in [0.05, 0.1) is 17.0 Å². The number of likely N-dealkylation sites (N-methyl/N-ethyl adjacent to an activating group) is 1. The Bertz CT molecular complexity index is 1480. The molecule has 5 rings (SSSR count). The molecule has 0 aliphatic rings. The Morgan fingerprint density at radius 2 is 1.83 bits per heavy atom. The lowest BCUT2D eigenvalue weighted by Crippen LogP contribution is -2.24. The fraction of sp³-hybridized carbons (Fsp3) is 0.250. The van der Waals surface area contributed by atoms with E-state index in [0.29, 0.717) is 5.82 Å². The smallest absolute Gasteiger partial charge is 0.162 e. The number of H-pyrrole nitrogens is 1. The molecule has 0 saturated carbocycles. The van der Waals surface area contributed by atoms with E-state index in [9.17, 15) is 0 Å². The summed E-state index contributed by atoms with van der Waals surface area (Å²) in [6.07, 6.45) is 1.94. The zero-order chi connectivity index (χ0) is 25.1. The Balaban J connectivity index is 1.59. The minimum atomic E-state index is 0.649. The molecule has 0 bridgehead atoms. The molecule has 8 nitrogen and oxygen atoms in total. The van der Waals surface area contributed by atoms with Crippen molar-refractivity contribution in [2.75, 3.05) is 25.5 Å². The van der Waals surface area contributed by atoms with Gasteiger partial charge in [-0.2, -0.15) is 0 Å². The molecule has 3 aromatic heterocycles. The van der Waals surface area contributed by atoms with Gasteiger partial charge < -0.3 is 25.5 Å². The lowest BCUT2D eigenvalue weighted by Gasteiger charge is -2.15. The largest absolute Gasteiger partial charge is 0.361 e. The number of aryl methyl sites for hydroxylation is 2. The van der Waals surface area contributed by atoms with Gasteiger partial charge in [-0.3, -0.25) is 0 Å². The fourth-order valence-corrected chi connectivity index (χ4v) is 4.42. The number of hydrogen-bond donors (Lipinski definition) is 4. The van der Waals surface area contributed by atoms with Crippen LogP contribution in [0.15, 0.2) is 59.3 Å². The van der Waals surface area contributed by atoms with Gasteiger partial charge in [0.25, 0.3) is 0 Å². The van der Waals surface area contributed by atoms with Crippen molar-refractivity contribution >= 4 is 22.4 Å². The maximum Gasteiger partial charge on any atom is 0.162 e. The number of aromatic amines is 1. The molecule has 0 unspecified atom stereocenters. The standard InChI is InChI=1S/C28H31N7O/c1-17-26(25-18(2)35-36-19(25)3)33-28(21-8-5-7-20(15-21)16-30-14-13-29-4)34-27(17)32-24-10-6-9-23-22(24)11-12-31-23/h5-12,15,29-31H,13-14,16H2,1-4H3,(H,32,33,34). The van der Waals surface area contributed by atoms with Crippen molar-refractivity contribution in [2.24, 2.45) is 0 Å². The lowest BCUT2D eigenvalue weighted by atomic mass is 10.0. The first-order valence-electron chi connectivity index (χ1n) is 12.1. The third kappa shape index (κ3) is 4.73. The summed E-state index contributed by atoms with van der Waals surface area (Å²) in [5, 5.41) is 15.5. The van der Waals surface area contributed by atoms with Gasteiger partial charge in [-0.25, -0.2) is 9.97 Å². The van der Waals surface area contributed by atoms with Crippen LogP contribution in [0, 0.1) is 20.8 Å². The van der Waals surface area contributed by atoms with Gasteiger partial charge in [0.1, 0.15) is 11.6 Å². The highest BCUT2D eigenvalue weighted by molar-refractivity contribution is 5.94. The third-order valence-corrected chi connectivity index (χ3v) is 6.33. The maximum atomic E-state index is 5.49. The second kappa shape index (κ2) is 10.3. The Morgan fingerprint density at radius 3 is 2.64 bits per heavy atom. The topological polar surface area (TPSA) is 104 Å². The molecule has 2 aromatic carbocycles. The first-order valence-corrected chi connectivity index (χ1v) is 12.1. The summed E-state index contributed by atoms with van der Waals surface area (Å²) in [6.45, 7) is 8.49. The Hall–Kier alpha value is -4.01. The van der Waals surface area contributed by atoms with E-state index >= 15 is 0 Å². The molecule has 0 saturated heterocycles. The van der Waals surface area contributed by atoms with E-state index < -0.39 is 0 Å². The van der Waals surface area contributed by atoms with Gasteiger partial charge in [-0.15, -0.1) is 0 Å². The summed E-state index contributed by atoms with van der Waals surface area (Å²) >= 11 is 0. The molecule has 8 heteroatoms. The number of nitrogens with zero attached hydrogens (tertiary/aromatic N) is 3. The molecular formula is C28H31N7O. The van der Waals surface area contributed by atoms with E-state index in [1.807, 2.05) is 40.1 Å². The minimum absolute atomic E-state index is 0.649. The average molecular weight is 482 g/mol. The van der Waals surface area contributed by atoms with Crippen molar-refractivity contribution in [2.45, 2.75) is 27.3 Å². The number of anilines is 2. The molecule has 4 N–H and O–H groups in total. The van der Waals surface area contributed by atoms with Gasteiger partial charge in [0, 0.05) is 53.5 Å². The van der Waals surface area contributed by atoms with Crippen molar-refractivity contribution in [1.82, 2.24) is 30.7 Å². The number of hydrogen-bond acceptors (Lipinski definition) is 7. The Morgan fingerprint density at radius 1 is 0.972 bits per heavy atom. The van der Waals surface area contributed by atoms with E-state index in [-0.39, 0.29) is 0 Å². The SMILES string of the molecule is CNCCNCc1cccc(-c2nc(Nc3cccc4[nH]ccc34)c(C)c(-c3c(C)noc3C)n2)c1. The predicted molar refractivity (Wildman–Crippen MR) is 144 cm³/mol. The van der Waals surface area contributed by atoms with Crippen LogP contribution in [0.1, 0.15) is 22.6 Å². The summed E-state index contributed by atoms with van der Waals surface area (Å²) in [6, 6.07) is 16.6. The van der Waals surface area contributed by atoms with E-state index in [1.165, 1.54) is 5.56 Å². The van der Waals surface area contributed by atoms with E-state index in [4.69, 9.17) is 14.5 Å². The third-order valence-electron chi connectivity index (χ3n) is 6.33. The van der Waals surface area contributed by atoms with Crippen LogP contribution in [0.3, 0.4) is 0 Å². The molecule has 0 atom stereocenters. The normalized spacial score (nSPS) is 11.3. The van der Waals surface area contributed by atoms with E-state index in [2.05, 4.69) is 68.6 Å². The van der Waals surface area contributed by atoms with Crippen molar-refractivity contribution < 1.29 is 4.52 Å². The van der Waals surface area contributed by atoms with Crippen molar-refractivity contribution in [3.05, 3.63) is 77.3 Å². The van der Waals surface area contributed by atoms with Crippen LogP contribution in [0.25, 0.3) is 33.5 Å². The van der Waals surface area contributed by atoms with Gasteiger partial charge >= 0.3 is 0 Å². The number of fused-ring (bicyclic) bond motifs is 1. The lowest BCUT2D eigenvalue weighted by molar-refractivity contribution is 0.393. The van der Waals surface area contributed by atoms with Crippen LogP contribution in [-0.2, 0) is 6.54 Å². The molecule has 0 radical (unpaired) electrons. The monoisotopic (exact) mass is 481 g/mol. The molecule has 5 aromatic rings. The van der Waals surface area contributed by atoms with Crippen LogP contribution >= 0.6 is 0 Å². The highest BCUT2D eigenvalue weighted by Crippen LogP contribution is 2.35. The van der Waals surface area contributed by atoms with Crippen LogP contribution in [0.4, 0.5) is 11.5 Å². The summed E-state index contributed by atoms with van der Waals surface area (Å²) < 4.78 is 5.49. The number of aromatic nitrogens is 4. The quantitative estimate of drug-likeness (QED) is 0.213. The predicted octanol–water partition coefficient (Wildman–Crippen LogP) is 5.26. The second-order valence-corrected chi connectivity index (χ2v) is 8.92. The highest BCUT2D eigenvalue weighted by Gasteiger charge is 2.21. The first kappa shape index (κ1) is 23.7. The zero-order valence-corrected chi connectivity index (χ0v) is 21.1. The molecule has 36 heavy (non-hydrogen) atoms. The molecule has 3 heterocycles. The Kier molecular flexibility index (Phi) is 6.79. The maximum absolute atomic E-state index is 5.49. The number of rotatable bonds is 9. The van der Waals surface area contributed by atoms with Crippen molar-refractivity contribution in [3.63, 3.8) is 0 Å². The first-order chi connectivity index (χ1) is 17.5. The molecule has 0 spiro atoms. The summed E-state index contributed by atoms with van der Waals surface area (Å²) in [7, 11) is 1.95. The minimum Gasteiger partial charge on any atom is -0.361 e. The van der Waals surface area contributed by atoms with Gasteiger partial charge in [0.15, 0.2) is 5.82 Å². The van der Waals surface area contributed by atoms with Crippen LogP contribution in [0.5, 0.6) is 0 Å². The van der Waals surface area contributed by atoms with Gasteiger partial charge in [0.2, 0.25) is 0 Å². The average Bonchev–Trinajstić information content (AvgIpc) is 3.50. The van der Waals surface area contributed by atoms with Crippen molar-refractivity contribution in [1.29, 1.82) is 0 Å². The number of benzene rings is 2. The summed E-state index contributed by atoms with van der Waals surface area (Å²) in [4.78, 5) is 13.3. The molecule has 0 aliphatic heterocycles.